The van der Waals surface area contributed by atoms with Crippen molar-refractivity contribution in [2.24, 2.45) is 0 Å². The molecule has 1 amide bonds. The van der Waals surface area contributed by atoms with Crippen molar-refractivity contribution < 1.29 is 13.2 Å². The highest BCUT2D eigenvalue weighted by molar-refractivity contribution is 7.89. The number of fused-ring (bicyclic) bond motifs is 1. The maximum atomic E-state index is 13.0. The zero-order chi connectivity index (χ0) is 20.0. The van der Waals surface area contributed by atoms with Gasteiger partial charge in [0.05, 0.1) is 11.4 Å². The predicted molar refractivity (Wildman–Crippen MR) is 111 cm³/mol. The van der Waals surface area contributed by atoms with Gasteiger partial charge in [-0.3, -0.25) is 9.69 Å². The third kappa shape index (κ3) is 5.33. The standard InChI is InChI=1S/C21H33N3O3S/c1-2-3-4-5-11-22-21(25)17-23-12-14-24(15-13-23)28(26,27)20-10-9-18-7-6-8-19(18)16-20/h9-10,16H,2-8,11-15,17H2,1H3,(H,22,25). The van der Waals surface area contributed by atoms with E-state index in [4.69, 9.17) is 0 Å². The fourth-order valence-corrected chi connectivity index (χ4v) is 5.50. The minimum Gasteiger partial charge on any atom is -0.355 e. The van der Waals surface area contributed by atoms with E-state index in [9.17, 15) is 13.2 Å². The number of nitrogens with one attached hydrogen (secondary N) is 1. The molecule has 156 valence electrons. The summed E-state index contributed by atoms with van der Waals surface area (Å²) in [6.45, 7) is 5.29. The largest absolute Gasteiger partial charge is 0.355 e. The van der Waals surface area contributed by atoms with E-state index in [-0.39, 0.29) is 5.91 Å². The average Bonchev–Trinajstić information content (AvgIpc) is 3.16. The molecular weight excluding hydrogens is 374 g/mol. The SMILES string of the molecule is CCCCCCNC(=O)CN1CCN(S(=O)(=O)c2ccc3c(c2)CCC3)CC1. The van der Waals surface area contributed by atoms with Crippen molar-refractivity contribution in [2.45, 2.75) is 56.8 Å². The molecule has 0 radical (unpaired) electrons. The molecule has 1 N–H and O–H groups in total. The number of hydrogen-bond donors (Lipinski definition) is 1. The number of benzene rings is 1. The van der Waals surface area contributed by atoms with Crippen LogP contribution in [0.15, 0.2) is 23.1 Å². The second-order valence-electron chi connectivity index (χ2n) is 7.87. The van der Waals surface area contributed by atoms with E-state index < -0.39 is 10.0 Å². The van der Waals surface area contributed by atoms with Gasteiger partial charge < -0.3 is 5.32 Å². The molecule has 3 rings (SSSR count). The molecule has 1 aliphatic carbocycles. The van der Waals surface area contributed by atoms with Gasteiger partial charge in [-0.2, -0.15) is 4.31 Å². The van der Waals surface area contributed by atoms with Crippen LogP contribution in [0.5, 0.6) is 0 Å². The lowest BCUT2D eigenvalue weighted by Crippen LogP contribution is -2.51. The second kappa shape index (κ2) is 9.85. The van der Waals surface area contributed by atoms with Gasteiger partial charge in [-0.1, -0.05) is 32.3 Å². The van der Waals surface area contributed by atoms with Crippen LogP contribution in [0.4, 0.5) is 0 Å². The minimum atomic E-state index is -3.45. The number of sulfonamides is 1. The summed E-state index contributed by atoms with van der Waals surface area (Å²) in [5.74, 6) is 0.0337. The molecule has 0 bridgehead atoms. The maximum Gasteiger partial charge on any atom is 0.243 e. The normalized spacial score (nSPS) is 18.2. The van der Waals surface area contributed by atoms with Crippen molar-refractivity contribution in [3.8, 4) is 0 Å². The van der Waals surface area contributed by atoms with Crippen LogP contribution in [0.25, 0.3) is 0 Å². The number of aryl methyl sites for hydroxylation is 2. The zero-order valence-electron chi connectivity index (χ0n) is 17.0. The summed E-state index contributed by atoms with van der Waals surface area (Å²) in [7, 11) is -3.45. The molecule has 0 unspecified atom stereocenters. The minimum absolute atomic E-state index is 0.0337. The highest BCUT2D eigenvalue weighted by atomic mass is 32.2. The van der Waals surface area contributed by atoms with Gasteiger partial charge in [0.25, 0.3) is 0 Å². The summed E-state index contributed by atoms with van der Waals surface area (Å²) in [6.07, 6.45) is 7.69. The van der Waals surface area contributed by atoms with Crippen molar-refractivity contribution in [1.82, 2.24) is 14.5 Å². The average molecular weight is 408 g/mol. The molecule has 1 aromatic carbocycles. The van der Waals surface area contributed by atoms with Crippen molar-refractivity contribution in [2.75, 3.05) is 39.3 Å². The summed E-state index contributed by atoms with van der Waals surface area (Å²) in [4.78, 5) is 14.5. The molecular formula is C21H33N3O3S. The van der Waals surface area contributed by atoms with Crippen LogP contribution >= 0.6 is 0 Å². The van der Waals surface area contributed by atoms with E-state index in [1.165, 1.54) is 24.0 Å². The molecule has 1 saturated heterocycles. The third-order valence-corrected chi connectivity index (χ3v) is 7.65. The first-order valence-corrected chi connectivity index (χ1v) is 12.1. The number of piperazine rings is 1. The Morgan fingerprint density at radius 1 is 1.04 bits per heavy atom. The third-order valence-electron chi connectivity index (χ3n) is 5.76. The van der Waals surface area contributed by atoms with Crippen LogP contribution < -0.4 is 5.32 Å². The van der Waals surface area contributed by atoms with Crippen LogP contribution in [0.1, 0.15) is 50.2 Å². The lowest BCUT2D eigenvalue weighted by molar-refractivity contribution is -0.122. The number of hydrogen-bond acceptors (Lipinski definition) is 4. The molecule has 1 fully saturated rings. The Balaban J connectivity index is 1.46. The molecule has 0 spiro atoms. The van der Waals surface area contributed by atoms with Gasteiger partial charge in [-0.25, -0.2) is 8.42 Å². The Bertz CT molecular complexity index is 771. The highest BCUT2D eigenvalue weighted by Gasteiger charge is 2.29. The first kappa shape index (κ1) is 21.3. The van der Waals surface area contributed by atoms with Crippen molar-refractivity contribution in [1.29, 1.82) is 0 Å². The summed E-state index contributed by atoms with van der Waals surface area (Å²) in [5.41, 5.74) is 2.46. The van der Waals surface area contributed by atoms with E-state index in [0.717, 1.165) is 38.6 Å². The highest BCUT2D eigenvalue weighted by Crippen LogP contribution is 2.26. The van der Waals surface area contributed by atoms with Crippen LogP contribution in [-0.4, -0.2) is 62.8 Å². The summed E-state index contributed by atoms with van der Waals surface area (Å²) < 4.78 is 27.5. The van der Waals surface area contributed by atoms with E-state index in [1.54, 1.807) is 10.4 Å². The smallest absolute Gasteiger partial charge is 0.243 e. The number of carbonyl (C=O) groups is 1. The van der Waals surface area contributed by atoms with Crippen LogP contribution in [0, 0.1) is 0 Å². The zero-order valence-corrected chi connectivity index (χ0v) is 17.8. The van der Waals surface area contributed by atoms with Crippen molar-refractivity contribution in [3.05, 3.63) is 29.3 Å². The molecule has 1 aliphatic heterocycles. The molecule has 0 atom stereocenters. The Hall–Kier alpha value is -1.44. The fraction of sp³-hybridized carbons (Fsp3) is 0.667. The van der Waals surface area contributed by atoms with Gasteiger partial charge in [0, 0.05) is 32.7 Å². The maximum absolute atomic E-state index is 13.0. The Kier molecular flexibility index (Phi) is 7.48. The van der Waals surface area contributed by atoms with Gasteiger partial charge in [0.15, 0.2) is 0 Å². The lowest BCUT2D eigenvalue weighted by Gasteiger charge is -2.33. The number of amides is 1. The van der Waals surface area contributed by atoms with Gasteiger partial charge in [0.1, 0.15) is 0 Å². The predicted octanol–water partition coefficient (Wildman–Crippen LogP) is 2.18. The van der Waals surface area contributed by atoms with Crippen LogP contribution in [-0.2, 0) is 27.7 Å². The number of rotatable bonds is 9. The molecule has 2 aliphatic rings. The Morgan fingerprint density at radius 3 is 2.54 bits per heavy atom. The quantitative estimate of drug-likeness (QED) is 0.637. The van der Waals surface area contributed by atoms with Crippen molar-refractivity contribution >= 4 is 15.9 Å². The molecule has 0 saturated carbocycles. The molecule has 6 nitrogen and oxygen atoms in total. The lowest BCUT2D eigenvalue weighted by atomic mass is 10.1. The molecule has 7 heteroatoms. The second-order valence-corrected chi connectivity index (χ2v) is 9.81. The number of nitrogens with zero attached hydrogens (tertiary/aromatic N) is 2. The summed E-state index contributed by atoms with van der Waals surface area (Å²) >= 11 is 0. The van der Waals surface area contributed by atoms with E-state index >= 15 is 0 Å². The molecule has 0 aromatic heterocycles. The Labute approximate surface area is 169 Å². The van der Waals surface area contributed by atoms with Gasteiger partial charge in [-0.15, -0.1) is 0 Å². The molecule has 1 heterocycles. The number of carbonyl (C=O) groups excluding carboxylic acids is 1. The van der Waals surface area contributed by atoms with Gasteiger partial charge in [0.2, 0.25) is 15.9 Å². The van der Waals surface area contributed by atoms with Gasteiger partial charge >= 0.3 is 0 Å². The molecule has 28 heavy (non-hydrogen) atoms. The Morgan fingerprint density at radius 2 is 1.79 bits per heavy atom. The first-order valence-electron chi connectivity index (χ1n) is 10.6. The van der Waals surface area contributed by atoms with Gasteiger partial charge in [-0.05, 0) is 48.9 Å². The fourth-order valence-electron chi connectivity index (χ4n) is 4.02. The number of unbranched alkanes of at least 4 members (excludes halogenated alkanes) is 3. The van der Waals surface area contributed by atoms with Crippen molar-refractivity contribution in [3.63, 3.8) is 0 Å². The van der Waals surface area contributed by atoms with E-state index in [0.29, 0.717) is 37.6 Å². The molecule has 1 aromatic rings. The monoisotopic (exact) mass is 407 g/mol. The summed E-state index contributed by atoms with van der Waals surface area (Å²) in [5, 5.41) is 2.97. The summed E-state index contributed by atoms with van der Waals surface area (Å²) in [6, 6.07) is 5.57. The topological polar surface area (TPSA) is 69.7 Å². The first-order chi connectivity index (χ1) is 13.5. The van der Waals surface area contributed by atoms with Crippen LogP contribution in [0.3, 0.4) is 0 Å². The van der Waals surface area contributed by atoms with E-state index in [2.05, 4.69) is 12.2 Å². The van der Waals surface area contributed by atoms with E-state index in [1.807, 2.05) is 17.0 Å². The van der Waals surface area contributed by atoms with Crippen LogP contribution in [0.2, 0.25) is 0 Å².